The molecule has 0 aliphatic heterocycles. The molecular formula is C19H14BrN3O2. The van der Waals surface area contributed by atoms with E-state index in [1.54, 1.807) is 11.7 Å². The van der Waals surface area contributed by atoms with Gasteiger partial charge in [-0.3, -0.25) is 9.36 Å². The van der Waals surface area contributed by atoms with Gasteiger partial charge < -0.3 is 4.74 Å². The van der Waals surface area contributed by atoms with Crippen LogP contribution in [0.5, 0.6) is 5.75 Å². The average Bonchev–Trinajstić information content (AvgIpc) is 2.96. The quantitative estimate of drug-likeness (QED) is 0.494. The van der Waals surface area contributed by atoms with E-state index in [0.29, 0.717) is 5.65 Å². The molecule has 0 spiro atoms. The highest BCUT2D eigenvalue weighted by molar-refractivity contribution is 9.10. The lowest BCUT2D eigenvalue weighted by atomic mass is 10.1. The van der Waals surface area contributed by atoms with Crippen LogP contribution in [0.25, 0.3) is 33.2 Å². The van der Waals surface area contributed by atoms with Gasteiger partial charge in [-0.2, -0.15) is 0 Å². The first kappa shape index (κ1) is 15.8. The molecular weight excluding hydrogens is 382 g/mol. The van der Waals surface area contributed by atoms with Crippen molar-refractivity contribution in [1.82, 2.24) is 14.8 Å². The summed E-state index contributed by atoms with van der Waals surface area (Å²) in [5.74, 6) is 0.693. The van der Waals surface area contributed by atoms with E-state index in [0.717, 1.165) is 37.8 Å². The van der Waals surface area contributed by atoms with E-state index in [-0.39, 0.29) is 5.91 Å². The summed E-state index contributed by atoms with van der Waals surface area (Å²) in [6, 6.07) is 15.4. The topological polar surface area (TPSA) is 57.0 Å². The lowest BCUT2D eigenvalue weighted by Gasteiger charge is -2.03. The molecule has 2 aromatic carbocycles. The molecule has 0 atom stereocenters. The van der Waals surface area contributed by atoms with Crippen LogP contribution in [0.4, 0.5) is 0 Å². The molecule has 5 nitrogen and oxygen atoms in total. The molecule has 4 aromatic rings. The number of methoxy groups -OCH3 is 1. The summed E-state index contributed by atoms with van der Waals surface area (Å²) in [7, 11) is 1.63. The summed E-state index contributed by atoms with van der Waals surface area (Å²) in [6.07, 6.45) is 0. The van der Waals surface area contributed by atoms with E-state index in [9.17, 15) is 4.79 Å². The lowest BCUT2D eigenvalue weighted by Crippen LogP contribution is -2.06. The Morgan fingerprint density at radius 2 is 1.88 bits per heavy atom. The van der Waals surface area contributed by atoms with E-state index in [2.05, 4.69) is 26.1 Å². The van der Waals surface area contributed by atoms with Gasteiger partial charge >= 0.3 is 0 Å². The molecule has 0 amide bonds. The van der Waals surface area contributed by atoms with Crippen LogP contribution in [0.15, 0.2) is 53.0 Å². The number of carbonyl (C=O) groups is 1. The monoisotopic (exact) mass is 395 g/mol. The second kappa shape index (κ2) is 5.97. The molecule has 4 rings (SSSR count). The van der Waals surface area contributed by atoms with Gasteiger partial charge in [-0.05, 0) is 42.5 Å². The summed E-state index contributed by atoms with van der Waals surface area (Å²) in [4.78, 5) is 12.1. The first-order valence-electron chi connectivity index (χ1n) is 7.72. The summed E-state index contributed by atoms with van der Waals surface area (Å²) in [6.45, 7) is 1.53. The van der Waals surface area contributed by atoms with Gasteiger partial charge in [-0.25, -0.2) is 0 Å². The Hall–Kier alpha value is -2.73. The Bertz CT molecular complexity index is 1120. The fourth-order valence-electron chi connectivity index (χ4n) is 3.04. The predicted molar refractivity (Wildman–Crippen MR) is 101 cm³/mol. The zero-order valence-corrected chi connectivity index (χ0v) is 15.2. The van der Waals surface area contributed by atoms with Crippen LogP contribution < -0.4 is 4.74 Å². The van der Waals surface area contributed by atoms with Crippen LogP contribution >= 0.6 is 15.9 Å². The van der Waals surface area contributed by atoms with Crippen LogP contribution in [0.1, 0.15) is 11.7 Å². The third kappa shape index (κ3) is 2.49. The molecule has 0 saturated heterocycles. The first-order chi connectivity index (χ1) is 12.1. The van der Waals surface area contributed by atoms with Gasteiger partial charge in [-0.15, -0.1) is 10.2 Å². The van der Waals surface area contributed by atoms with Gasteiger partial charge in [0.2, 0.25) is 5.91 Å². The molecule has 0 unspecified atom stereocenters. The van der Waals surface area contributed by atoms with Crippen LogP contribution in [-0.4, -0.2) is 27.8 Å². The molecule has 0 N–H and O–H groups in total. The molecule has 124 valence electrons. The normalized spacial score (nSPS) is 11.2. The van der Waals surface area contributed by atoms with Gasteiger partial charge in [0.15, 0.2) is 5.65 Å². The number of nitrogens with zero attached hydrogens (tertiary/aromatic N) is 3. The van der Waals surface area contributed by atoms with Gasteiger partial charge in [0.1, 0.15) is 5.75 Å². The van der Waals surface area contributed by atoms with Crippen LogP contribution in [0.3, 0.4) is 0 Å². The first-order valence-corrected chi connectivity index (χ1v) is 8.51. The molecule has 0 bridgehead atoms. The smallest absolute Gasteiger partial charge is 0.229 e. The molecule has 0 saturated carbocycles. The van der Waals surface area contributed by atoms with E-state index >= 15 is 0 Å². The Labute approximate surface area is 152 Å². The summed E-state index contributed by atoms with van der Waals surface area (Å²) in [5, 5.41) is 10.5. The number of benzene rings is 2. The zero-order chi connectivity index (χ0) is 17.6. The number of halogens is 1. The van der Waals surface area contributed by atoms with Gasteiger partial charge in [0, 0.05) is 27.7 Å². The number of ether oxygens (including phenoxy) is 1. The van der Waals surface area contributed by atoms with Crippen molar-refractivity contribution in [3.8, 4) is 17.0 Å². The number of rotatable bonds is 2. The van der Waals surface area contributed by atoms with E-state index in [1.807, 2.05) is 48.5 Å². The molecule has 0 radical (unpaired) electrons. The highest BCUT2D eigenvalue weighted by Gasteiger charge is 2.18. The van der Waals surface area contributed by atoms with Crippen LogP contribution in [0.2, 0.25) is 0 Å². The summed E-state index contributed by atoms with van der Waals surface area (Å²) in [5.41, 5.74) is 3.06. The second-order valence-electron chi connectivity index (χ2n) is 5.68. The summed E-state index contributed by atoms with van der Waals surface area (Å²) < 4.78 is 7.71. The van der Waals surface area contributed by atoms with E-state index in [4.69, 9.17) is 4.74 Å². The fraction of sp³-hybridized carbons (Fsp3) is 0.105. The second-order valence-corrected chi connectivity index (χ2v) is 6.54. The average molecular weight is 396 g/mol. The van der Waals surface area contributed by atoms with E-state index < -0.39 is 0 Å². The Balaban J connectivity index is 2.02. The van der Waals surface area contributed by atoms with Crippen LogP contribution in [-0.2, 0) is 0 Å². The van der Waals surface area contributed by atoms with Crippen molar-refractivity contribution in [1.29, 1.82) is 0 Å². The maximum absolute atomic E-state index is 12.1. The molecule has 0 fully saturated rings. The zero-order valence-electron chi connectivity index (χ0n) is 13.7. The van der Waals surface area contributed by atoms with Gasteiger partial charge in [-0.1, -0.05) is 22.0 Å². The van der Waals surface area contributed by atoms with Gasteiger partial charge in [0.25, 0.3) is 0 Å². The van der Waals surface area contributed by atoms with Crippen molar-refractivity contribution in [2.75, 3.05) is 7.11 Å². The maximum atomic E-state index is 12.1. The van der Waals surface area contributed by atoms with Gasteiger partial charge in [0.05, 0.1) is 18.3 Å². The molecule has 0 aliphatic carbocycles. The predicted octanol–water partition coefficient (Wildman–Crippen LogP) is 4.68. The molecule has 2 heterocycles. The highest BCUT2D eigenvalue weighted by atomic mass is 79.9. The van der Waals surface area contributed by atoms with Crippen molar-refractivity contribution in [3.05, 3.63) is 53.0 Å². The van der Waals surface area contributed by atoms with Crippen molar-refractivity contribution in [2.45, 2.75) is 6.92 Å². The SMILES string of the molecule is COc1ccc(-c2cc3c4c(Br)cccc4n(C(C)=O)c3nn2)cc1. The van der Waals surface area contributed by atoms with Crippen LogP contribution in [0, 0.1) is 0 Å². The highest BCUT2D eigenvalue weighted by Crippen LogP contribution is 2.34. The van der Waals surface area contributed by atoms with E-state index in [1.165, 1.54) is 6.92 Å². The lowest BCUT2D eigenvalue weighted by molar-refractivity contribution is 0.0945. The largest absolute Gasteiger partial charge is 0.497 e. The number of aromatic nitrogens is 3. The standard InChI is InChI=1S/C19H14BrN3O2/c1-11(24)23-17-5-3-4-15(20)18(17)14-10-16(21-22-19(14)23)12-6-8-13(25-2)9-7-12/h3-10H,1-2H3. The number of hydrogen-bond acceptors (Lipinski definition) is 4. The molecule has 25 heavy (non-hydrogen) atoms. The van der Waals surface area contributed by atoms with Crippen molar-refractivity contribution in [2.24, 2.45) is 0 Å². The summed E-state index contributed by atoms with van der Waals surface area (Å²) >= 11 is 3.59. The van der Waals surface area contributed by atoms with Crippen molar-refractivity contribution in [3.63, 3.8) is 0 Å². The minimum Gasteiger partial charge on any atom is -0.497 e. The molecule has 6 heteroatoms. The maximum Gasteiger partial charge on any atom is 0.229 e. The minimum atomic E-state index is -0.0930. The molecule has 0 aliphatic rings. The van der Waals surface area contributed by atoms with Crippen molar-refractivity contribution < 1.29 is 9.53 Å². The number of fused-ring (bicyclic) bond motifs is 3. The fourth-order valence-corrected chi connectivity index (χ4v) is 3.61. The third-order valence-corrected chi connectivity index (χ3v) is 4.85. The number of carbonyl (C=O) groups excluding carboxylic acids is 1. The minimum absolute atomic E-state index is 0.0930. The third-order valence-electron chi connectivity index (χ3n) is 4.19. The molecule has 2 aromatic heterocycles. The Morgan fingerprint density at radius 3 is 2.56 bits per heavy atom. The Kier molecular flexibility index (Phi) is 3.77. The Morgan fingerprint density at radius 1 is 1.12 bits per heavy atom. The number of hydrogen-bond donors (Lipinski definition) is 0. The van der Waals surface area contributed by atoms with Crippen molar-refractivity contribution >= 4 is 43.8 Å².